The average Bonchev–Trinajstić information content (AvgIpc) is 2.86. The first-order valence-corrected chi connectivity index (χ1v) is 7.02. The number of nitrogens with one attached hydrogen (secondary N) is 1. The van der Waals surface area contributed by atoms with Crippen molar-refractivity contribution in [1.82, 2.24) is 10.3 Å². The molecule has 2 heterocycles. The standard InChI is InChI=1S/C12H16N2O2S/c15-12(16)11-10(7-3-4-7)14-9(17-11)6-8-2-1-5-13-8/h7-8,13H,1-6H2,(H,15,16). The fourth-order valence-electron chi connectivity index (χ4n) is 2.39. The highest BCUT2D eigenvalue weighted by atomic mass is 32.1. The number of rotatable bonds is 4. The van der Waals surface area contributed by atoms with Crippen LogP contribution in [0, 0.1) is 0 Å². The van der Waals surface area contributed by atoms with Crippen LogP contribution < -0.4 is 5.32 Å². The molecule has 1 saturated carbocycles. The lowest BCUT2D eigenvalue weighted by atomic mass is 10.2. The molecule has 1 aliphatic heterocycles. The third kappa shape index (κ3) is 2.35. The van der Waals surface area contributed by atoms with Crippen molar-refractivity contribution in [3.05, 3.63) is 15.6 Å². The Hall–Kier alpha value is -0.940. The zero-order valence-electron chi connectivity index (χ0n) is 9.61. The molecule has 1 aromatic rings. The molecule has 2 aliphatic rings. The van der Waals surface area contributed by atoms with Gasteiger partial charge in [-0.05, 0) is 32.2 Å². The number of thiazole rings is 1. The quantitative estimate of drug-likeness (QED) is 0.860. The Labute approximate surface area is 104 Å². The topological polar surface area (TPSA) is 62.2 Å². The molecule has 0 amide bonds. The number of aromatic nitrogens is 1. The summed E-state index contributed by atoms with van der Waals surface area (Å²) in [6, 6.07) is 0.495. The van der Waals surface area contributed by atoms with Gasteiger partial charge in [0.05, 0.1) is 10.7 Å². The Morgan fingerprint density at radius 3 is 2.88 bits per heavy atom. The van der Waals surface area contributed by atoms with Crippen LogP contribution in [-0.4, -0.2) is 28.6 Å². The Morgan fingerprint density at radius 2 is 2.29 bits per heavy atom. The van der Waals surface area contributed by atoms with Gasteiger partial charge in [-0.3, -0.25) is 0 Å². The predicted octanol–water partition coefficient (Wildman–Crippen LogP) is 2.01. The lowest BCUT2D eigenvalue weighted by molar-refractivity contribution is 0.0700. The van der Waals surface area contributed by atoms with E-state index in [0.717, 1.165) is 36.5 Å². The lowest BCUT2D eigenvalue weighted by Crippen LogP contribution is -2.23. The van der Waals surface area contributed by atoms with Gasteiger partial charge in [-0.1, -0.05) is 0 Å². The molecule has 1 aliphatic carbocycles. The smallest absolute Gasteiger partial charge is 0.347 e. The molecule has 4 nitrogen and oxygen atoms in total. The number of carboxylic acids is 1. The van der Waals surface area contributed by atoms with Gasteiger partial charge in [0.15, 0.2) is 0 Å². The first-order chi connectivity index (χ1) is 8.24. The highest BCUT2D eigenvalue weighted by Gasteiger charge is 2.32. The molecule has 0 aromatic carbocycles. The summed E-state index contributed by atoms with van der Waals surface area (Å²) in [5.74, 6) is -0.391. The van der Waals surface area contributed by atoms with Gasteiger partial charge in [-0.15, -0.1) is 11.3 Å². The van der Waals surface area contributed by atoms with Crippen molar-refractivity contribution < 1.29 is 9.90 Å². The molecule has 0 spiro atoms. The fraction of sp³-hybridized carbons (Fsp3) is 0.667. The third-order valence-electron chi connectivity index (χ3n) is 3.44. The van der Waals surface area contributed by atoms with Gasteiger partial charge < -0.3 is 10.4 Å². The molecule has 2 N–H and O–H groups in total. The van der Waals surface area contributed by atoms with Gasteiger partial charge in [-0.2, -0.15) is 0 Å². The van der Waals surface area contributed by atoms with Crippen molar-refractivity contribution in [2.45, 2.75) is 44.1 Å². The van der Waals surface area contributed by atoms with E-state index in [1.807, 2.05) is 0 Å². The Kier molecular flexibility index (Phi) is 2.88. The zero-order chi connectivity index (χ0) is 11.8. The molecular formula is C12H16N2O2S. The second-order valence-corrected chi connectivity index (χ2v) is 5.98. The number of aromatic carboxylic acids is 1. The maximum atomic E-state index is 11.2. The Bertz CT molecular complexity index is 434. The molecule has 2 fully saturated rings. The predicted molar refractivity (Wildman–Crippen MR) is 65.8 cm³/mol. The van der Waals surface area contributed by atoms with Crippen molar-refractivity contribution in [2.75, 3.05) is 6.54 Å². The summed E-state index contributed by atoms with van der Waals surface area (Å²) in [4.78, 5) is 16.2. The van der Waals surface area contributed by atoms with E-state index in [-0.39, 0.29) is 0 Å². The number of hydrogen-bond acceptors (Lipinski definition) is 4. The fourth-order valence-corrected chi connectivity index (χ4v) is 3.46. The van der Waals surface area contributed by atoms with Crippen LogP contribution in [0.15, 0.2) is 0 Å². The number of carboxylic acid groups (broad SMARTS) is 1. The number of carbonyl (C=O) groups is 1. The van der Waals surface area contributed by atoms with Crippen LogP contribution in [0.3, 0.4) is 0 Å². The highest BCUT2D eigenvalue weighted by molar-refractivity contribution is 7.13. The molecule has 5 heteroatoms. The van der Waals surface area contributed by atoms with Crippen LogP contribution in [0.5, 0.6) is 0 Å². The van der Waals surface area contributed by atoms with Crippen molar-refractivity contribution in [3.8, 4) is 0 Å². The minimum atomic E-state index is -0.810. The van der Waals surface area contributed by atoms with E-state index < -0.39 is 5.97 Å². The largest absolute Gasteiger partial charge is 0.477 e. The molecule has 1 unspecified atom stereocenters. The van der Waals surface area contributed by atoms with Crippen molar-refractivity contribution in [1.29, 1.82) is 0 Å². The van der Waals surface area contributed by atoms with Crippen LogP contribution in [0.4, 0.5) is 0 Å². The molecule has 1 atom stereocenters. The van der Waals surface area contributed by atoms with E-state index in [1.165, 1.54) is 24.2 Å². The monoisotopic (exact) mass is 252 g/mol. The third-order valence-corrected chi connectivity index (χ3v) is 4.52. The van der Waals surface area contributed by atoms with E-state index in [0.29, 0.717) is 16.8 Å². The first-order valence-electron chi connectivity index (χ1n) is 6.20. The highest BCUT2D eigenvalue weighted by Crippen LogP contribution is 2.42. The van der Waals surface area contributed by atoms with Crippen LogP contribution in [0.2, 0.25) is 0 Å². The molecule has 1 saturated heterocycles. The van der Waals surface area contributed by atoms with Crippen LogP contribution in [0.25, 0.3) is 0 Å². The van der Waals surface area contributed by atoms with Gasteiger partial charge in [0.2, 0.25) is 0 Å². The Balaban J connectivity index is 1.79. The molecule has 0 bridgehead atoms. The second kappa shape index (κ2) is 4.38. The maximum absolute atomic E-state index is 11.2. The van der Waals surface area contributed by atoms with Gasteiger partial charge >= 0.3 is 5.97 Å². The number of nitrogens with zero attached hydrogens (tertiary/aromatic N) is 1. The summed E-state index contributed by atoms with van der Waals surface area (Å²) in [6.07, 6.45) is 5.49. The summed E-state index contributed by atoms with van der Waals surface area (Å²) in [7, 11) is 0. The molecular weight excluding hydrogens is 236 g/mol. The maximum Gasteiger partial charge on any atom is 0.347 e. The number of hydrogen-bond donors (Lipinski definition) is 2. The van der Waals surface area contributed by atoms with E-state index in [1.54, 1.807) is 0 Å². The van der Waals surface area contributed by atoms with Gasteiger partial charge in [0, 0.05) is 18.4 Å². The molecule has 92 valence electrons. The lowest BCUT2D eigenvalue weighted by Gasteiger charge is -2.06. The van der Waals surface area contributed by atoms with Crippen molar-refractivity contribution in [2.24, 2.45) is 0 Å². The molecule has 1 aromatic heterocycles. The van der Waals surface area contributed by atoms with Gasteiger partial charge in [0.1, 0.15) is 4.88 Å². The molecule has 17 heavy (non-hydrogen) atoms. The summed E-state index contributed by atoms with van der Waals surface area (Å²) in [5, 5.41) is 13.6. The first kappa shape index (κ1) is 11.2. The summed E-state index contributed by atoms with van der Waals surface area (Å²) < 4.78 is 0. The minimum Gasteiger partial charge on any atom is -0.477 e. The van der Waals surface area contributed by atoms with E-state index in [2.05, 4.69) is 10.3 Å². The summed E-state index contributed by atoms with van der Waals surface area (Å²) >= 11 is 1.37. The summed E-state index contributed by atoms with van der Waals surface area (Å²) in [6.45, 7) is 1.08. The minimum absolute atomic E-state index is 0.419. The summed E-state index contributed by atoms with van der Waals surface area (Å²) in [5.41, 5.74) is 0.843. The Morgan fingerprint density at radius 1 is 1.47 bits per heavy atom. The second-order valence-electron chi connectivity index (χ2n) is 4.90. The van der Waals surface area contributed by atoms with Crippen LogP contribution in [-0.2, 0) is 6.42 Å². The average molecular weight is 252 g/mol. The van der Waals surface area contributed by atoms with E-state index >= 15 is 0 Å². The van der Waals surface area contributed by atoms with Crippen molar-refractivity contribution in [3.63, 3.8) is 0 Å². The SMILES string of the molecule is O=C(O)c1sc(CC2CCCN2)nc1C1CC1. The van der Waals surface area contributed by atoms with Crippen molar-refractivity contribution >= 4 is 17.3 Å². The van der Waals surface area contributed by atoms with Crippen LogP contribution >= 0.6 is 11.3 Å². The zero-order valence-corrected chi connectivity index (χ0v) is 10.4. The van der Waals surface area contributed by atoms with Gasteiger partial charge in [0.25, 0.3) is 0 Å². The van der Waals surface area contributed by atoms with E-state index in [9.17, 15) is 9.90 Å². The normalized spacial score (nSPS) is 24.1. The van der Waals surface area contributed by atoms with Gasteiger partial charge in [-0.25, -0.2) is 9.78 Å². The molecule has 3 rings (SSSR count). The van der Waals surface area contributed by atoms with E-state index in [4.69, 9.17) is 0 Å². The molecule has 0 radical (unpaired) electrons. The van der Waals surface area contributed by atoms with Crippen LogP contribution in [0.1, 0.15) is 52.0 Å².